The number of para-hydroxylation sites is 1. The van der Waals surface area contributed by atoms with Gasteiger partial charge in [-0.3, -0.25) is 19.3 Å². The highest BCUT2D eigenvalue weighted by molar-refractivity contribution is 8.18. The van der Waals surface area contributed by atoms with Gasteiger partial charge in [0.1, 0.15) is 18.1 Å². The van der Waals surface area contributed by atoms with Crippen LogP contribution >= 0.6 is 23.4 Å². The molecule has 0 aliphatic carbocycles. The van der Waals surface area contributed by atoms with Crippen LogP contribution in [0.4, 0.5) is 4.79 Å². The number of hydrogen-bond donors (Lipinski definition) is 0. The van der Waals surface area contributed by atoms with Crippen molar-refractivity contribution in [3.05, 3.63) is 64.0 Å². The van der Waals surface area contributed by atoms with E-state index in [1.165, 1.54) is 6.42 Å². The number of ether oxygens (including phenoxy) is 2. The lowest BCUT2D eigenvalue weighted by Gasteiger charge is -2.26. The number of likely N-dealkylation sites (tertiary alicyclic amines) is 1. The molecular formula is C25H25ClN2O5S. The van der Waals surface area contributed by atoms with E-state index >= 15 is 0 Å². The molecule has 0 spiro atoms. The van der Waals surface area contributed by atoms with Crippen LogP contribution in [0.25, 0.3) is 6.08 Å². The molecule has 3 amide bonds. The number of thioether (sulfide) groups is 1. The van der Waals surface area contributed by atoms with Crippen molar-refractivity contribution >= 4 is 46.5 Å². The third kappa shape index (κ3) is 6.12. The van der Waals surface area contributed by atoms with Gasteiger partial charge >= 0.3 is 0 Å². The summed E-state index contributed by atoms with van der Waals surface area (Å²) in [5.41, 5.74) is 0.757. The van der Waals surface area contributed by atoms with Gasteiger partial charge in [0.15, 0.2) is 6.61 Å². The summed E-state index contributed by atoms with van der Waals surface area (Å²) in [5, 5.41) is 0.134. The average Bonchev–Trinajstić information content (AvgIpc) is 3.12. The first-order valence-corrected chi connectivity index (χ1v) is 12.3. The summed E-state index contributed by atoms with van der Waals surface area (Å²) in [7, 11) is 0. The Labute approximate surface area is 207 Å². The molecule has 2 fully saturated rings. The second-order valence-electron chi connectivity index (χ2n) is 7.91. The maximum atomic E-state index is 12.7. The molecule has 2 heterocycles. The van der Waals surface area contributed by atoms with E-state index in [2.05, 4.69) is 0 Å². The van der Waals surface area contributed by atoms with E-state index in [-0.39, 0.29) is 36.8 Å². The summed E-state index contributed by atoms with van der Waals surface area (Å²) in [6, 6.07) is 14.1. The summed E-state index contributed by atoms with van der Waals surface area (Å²) >= 11 is 6.95. The van der Waals surface area contributed by atoms with Crippen molar-refractivity contribution in [1.29, 1.82) is 0 Å². The van der Waals surface area contributed by atoms with Gasteiger partial charge in [0, 0.05) is 13.1 Å². The van der Waals surface area contributed by atoms with Crippen LogP contribution in [0, 0.1) is 0 Å². The van der Waals surface area contributed by atoms with E-state index in [0.29, 0.717) is 21.4 Å². The van der Waals surface area contributed by atoms with Crippen molar-refractivity contribution in [1.82, 2.24) is 9.80 Å². The van der Waals surface area contributed by atoms with Gasteiger partial charge < -0.3 is 14.4 Å². The smallest absolute Gasteiger partial charge is 0.293 e. The molecule has 4 rings (SSSR count). The lowest BCUT2D eigenvalue weighted by atomic mass is 10.1. The molecule has 0 N–H and O–H groups in total. The van der Waals surface area contributed by atoms with E-state index in [9.17, 15) is 14.4 Å². The minimum atomic E-state index is -0.356. The van der Waals surface area contributed by atoms with Crippen LogP contribution < -0.4 is 9.47 Å². The maximum Gasteiger partial charge on any atom is 0.293 e. The zero-order valence-electron chi connectivity index (χ0n) is 18.6. The van der Waals surface area contributed by atoms with Crippen molar-refractivity contribution in [2.24, 2.45) is 0 Å². The Hall–Kier alpha value is -2.97. The summed E-state index contributed by atoms with van der Waals surface area (Å²) < 4.78 is 11.2. The number of carbonyl (C=O) groups excluding carboxylic acids is 3. The molecule has 7 nitrogen and oxygen atoms in total. The second-order valence-corrected chi connectivity index (χ2v) is 9.31. The monoisotopic (exact) mass is 500 g/mol. The standard InChI is InChI=1S/C25H25ClN2O5S/c26-20-6-2-3-7-21(20)32-15-14-28-24(30)22(34-25(28)31)16-18-8-10-19(11-9-18)33-17-23(29)27-12-4-1-5-13-27/h2-3,6-11,16H,1,4-5,12-15,17H2/b22-16-. The third-order valence-corrected chi connectivity index (χ3v) is 6.75. The molecule has 0 aromatic heterocycles. The minimum absolute atomic E-state index is 0.00374. The number of piperidine rings is 1. The molecular weight excluding hydrogens is 476 g/mol. The zero-order chi connectivity index (χ0) is 23.9. The van der Waals surface area contributed by atoms with Crippen LogP contribution in [-0.4, -0.2) is 59.7 Å². The first-order chi connectivity index (χ1) is 16.5. The molecule has 178 valence electrons. The predicted octanol–water partition coefficient (Wildman–Crippen LogP) is 4.85. The van der Waals surface area contributed by atoms with E-state index in [0.717, 1.165) is 48.2 Å². The summed E-state index contributed by atoms with van der Waals surface area (Å²) in [6.45, 7) is 1.88. The fraction of sp³-hybridized carbons (Fsp3) is 0.320. The molecule has 0 saturated carbocycles. The van der Waals surface area contributed by atoms with Crippen LogP contribution in [-0.2, 0) is 9.59 Å². The molecule has 0 radical (unpaired) electrons. The summed E-state index contributed by atoms with van der Waals surface area (Å²) in [5.74, 6) is 0.722. The van der Waals surface area contributed by atoms with Gasteiger partial charge in [-0.15, -0.1) is 0 Å². The van der Waals surface area contributed by atoms with Gasteiger partial charge in [-0.2, -0.15) is 0 Å². The van der Waals surface area contributed by atoms with Gasteiger partial charge in [-0.25, -0.2) is 0 Å². The molecule has 34 heavy (non-hydrogen) atoms. The zero-order valence-corrected chi connectivity index (χ0v) is 20.1. The van der Waals surface area contributed by atoms with E-state index in [1.54, 1.807) is 54.6 Å². The lowest BCUT2D eigenvalue weighted by molar-refractivity contribution is -0.134. The van der Waals surface area contributed by atoms with Crippen molar-refractivity contribution in [3.8, 4) is 11.5 Å². The fourth-order valence-corrected chi connectivity index (χ4v) is 4.75. The molecule has 2 aliphatic rings. The highest BCUT2D eigenvalue weighted by Crippen LogP contribution is 2.32. The Balaban J connectivity index is 1.29. The van der Waals surface area contributed by atoms with Crippen LogP contribution in [0.1, 0.15) is 24.8 Å². The van der Waals surface area contributed by atoms with Crippen molar-refractivity contribution in [3.63, 3.8) is 0 Å². The molecule has 2 saturated heterocycles. The quantitative estimate of drug-likeness (QED) is 0.482. The number of halogens is 1. The Morgan fingerprint density at radius 2 is 1.74 bits per heavy atom. The van der Waals surface area contributed by atoms with E-state index in [1.807, 2.05) is 4.90 Å². The number of hydrogen-bond acceptors (Lipinski definition) is 6. The molecule has 0 atom stereocenters. The molecule has 0 unspecified atom stereocenters. The van der Waals surface area contributed by atoms with Gasteiger partial charge in [-0.05, 0) is 66.9 Å². The van der Waals surface area contributed by atoms with Crippen LogP contribution in [0.15, 0.2) is 53.4 Å². The highest BCUT2D eigenvalue weighted by Gasteiger charge is 2.34. The Morgan fingerprint density at radius 3 is 2.47 bits per heavy atom. The van der Waals surface area contributed by atoms with E-state index < -0.39 is 0 Å². The van der Waals surface area contributed by atoms with Crippen LogP contribution in [0.2, 0.25) is 5.02 Å². The number of benzene rings is 2. The van der Waals surface area contributed by atoms with Gasteiger partial charge in [0.05, 0.1) is 16.5 Å². The minimum Gasteiger partial charge on any atom is -0.490 e. The largest absolute Gasteiger partial charge is 0.490 e. The first kappa shape index (κ1) is 24.2. The molecule has 2 aromatic rings. The third-order valence-electron chi connectivity index (χ3n) is 5.53. The number of rotatable bonds is 8. The topological polar surface area (TPSA) is 76.1 Å². The van der Waals surface area contributed by atoms with Crippen molar-refractivity contribution in [2.75, 3.05) is 32.8 Å². The maximum absolute atomic E-state index is 12.7. The number of nitrogens with zero attached hydrogens (tertiary/aromatic N) is 2. The van der Waals surface area contributed by atoms with Crippen molar-refractivity contribution < 1.29 is 23.9 Å². The Morgan fingerprint density at radius 1 is 1.00 bits per heavy atom. The summed E-state index contributed by atoms with van der Waals surface area (Å²) in [4.78, 5) is 40.6. The lowest BCUT2D eigenvalue weighted by Crippen LogP contribution is -2.38. The Kier molecular flexibility index (Phi) is 8.13. The predicted molar refractivity (Wildman–Crippen MR) is 132 cm³/mol. The Bertz CT molecular complexity index is 1080. The molecule has 9 heteroatoms. The summed E-state index contributed by atoms with van der Waals surface area (Å²) in [6.07, 6.45) is 4.92. The SMILES string of the molecule is O=C(COc1ccc(/C=C2\SC(=O)N(CCOc3ccccc3Cl)C2=O)cc1)N1CCCCC1. The molecule has 2 aliphatic heterocycles. The van der Waals surface area contributed by atoms with Crippen LogP contribution in [0.3, 0.4) is 0 Å². The van der Waals surface area contributed by atoms with E-state index in [4.69, 9.17) is 21.1 Å². The van der Waals surface area contributed by atoms with Crippen molar-refractivity contribution in [2.45, 2.75) is 19.3 Å². The van der Waals surface area contributed by atoms with Gasteiger partial charge in [0.25, 0.3) is 17.1 Å². The normalized spacial score (nSPS) is 17.4. The number of amides is 3. The molecule has 2 aromatic carbocycles. The first-order valence-electron chi connectivity index (χ1n) is 11.1. The number of carbonyl (C=O) groups is 3. The second kappa shape index (κ2) is 11.4. The fourth-order valence-electron chi connectivity index (χ4n) is 3.69. The number of imide groups is 1. The van der Waals surface area contributed by atoms with Gasteiger partial charge in [-0.1, -0.05) is 35.9 Å². The average molecular weight is 501 g/mol. The molecule has 0 bridgehead atoms. The van der Waals surface area contributed by atoms with Crippen LogP contribution in [0.5, 0.6) is 11.5 Å². The highest BCUT2D eigenvalue weighted by atomic mass is 35.5. The van der Waals surface area contributed by atoms with Gasteiger partial charge in [0.2, 0.25) is 0 Å².